The van der Waals surface area contributed by atoms with Crippen LogP contribution in [0.25, 0.3) is 0 Å². The molecule has 114 valence electrons. The summed E-state index contributed by atoms with van der Waals surface area (Å²) in [5, 5.41) is 0. The highest BCUT2D eigenvalue weighted by Crippen LogP contribution is 2.26. The highest BCUT2D eigenvalue weighted by Gasteiger charge is 2.43. The van der Waals surface area contributed by atoms with Crippen molar-refractivity contribution < 1.29 is 19.1 Å². The molecular weight excluding hydrogens is 256 g/mol. The van der Waals surface area contributed by atoms with Crippen LogP contribution in [0, 0.1) is 10.8 Å². The van der Waals surface area contributed by atoms with Gasteiger partial charge in [-0.15, -0.1) is 5.73 Å². The van der Waals surface area contributed by atoms with E-state index in [1.165, 1.54) is 6.92 Å². The van der Waals surface area contributed by atoms with Gasteiger partial charge in [0.1, 0.15) is 0 Å². The van der Waals surface area contributed by atoms with E-state index in [1.54, 1.807) is 19.9 Å². The summed E-state index contributed by atoms with van der Waals surface area (Å²) < 4.78 is 9.95. The Labute approximate surface area is 121 Å². The summed E-state index contributed by atoms with van der Waals surface area (Å²) in [6.45, 7) is 11.6. The summed E-state index contributed by atoms with van der Waals surface area (Å²) in [4.78, 5) is 24.0. The molecule has 0 bridgehead atoms. The lowest BCUT2D eigenvalue weighted by Gasteiger charge is -2.23. The maximum Gasteiger partial charge on any atom is 0.323 e. The topological polar surface area (TPSA) is 52.6 Å². The van der Waals surface area contributed by atoms with Gasteiger partial charge in [-0.2, -0.15) is 0 Å². The zero-order chi connectivity index (χ0) is 15.8. The second kappa shape index (κ2) is 7.91. The van der Waals surface area contributed by atoms with Crippen molar-refractivity contribution in [1.82, 2.24) is 0 Å². The second-order valence-electron chi connectivity index (χ2n) is 5.86. The molecule has 0 radical (unpaired) electrons. The van der Waals surface area contributed by atoms with E-state index in [9.17, 15) is 9.59 Å². The minimum Gasteiger partial charge on any atom is -0.465 e. The first kappa shape index (κ1) is 18.5. The number of esters is 2. The summed E-state index contributed by atoms with van der Waals surface area (Å²) in [5.41, 5.74) is 1.70. The molecule has 0 amide bonds. The molecule has 0 aliphatic carbocycles. The molecule has 20 heavy (non-hydrogen) atoms. The van der Waals surface area contributed by atoms with Crippen LogP contribution >= 0.6 is 0 Å². The number of ether oxygens (including phenoxy) is 2. The van der Waals surface area contributed by atoms with Crippen molar-refractivity contribution in [3.63, 3.8) is 0 Å². The fourth-order valence-corrected chi connectivity index (χ4v) is 1.40. The van der Waals surface area contributed by atoms with Gasteiger partial charge in [-0.1, -0.05) is 20.8 Å². The largest absolute Gasteiger partial charge is 0.465 e. The summed E-state index contributed by atoms with van der Waals surface area (Å²) >= 11 is 0. The average Bonchev–Trinajstić information content (AvgIpc) is 2.33. The molecule has 0 unspecified atom stereocenters. The lowest BCUT2D eigenvalue weighted by Crippen LogP contribution is -2.39. The first-order valence-corrected chi connectivity index (χ1v) is 6.94. The minimum atomic E-state index is -1.31. The van der Waals surface area contributed by atoms with Crippen molar-refractivity contribution in [3.8, 4) is 0 Å². The van der Waals surface area contributed by atoms with E-state index < -0.39 is 17.4 Å². The molecule has 0 aromatic carbocycles. The molecule has 0 atom stereocenters. The summed E-state index contributed by atoms with van der Waals surface area (Å²) in [6, 6.07) is 0. The molecular formula is C16H26O4. The van der Waals surface area contributed by atoms with Gasteiger partial charge in [-0.25, -0.2) is 0 Å². The van der Waals surface area contributed by atoms with Gasteiger partial charge in [-0.3, -0.25) is 9.59 Å². The van der Waals surface area contributed by atoms with Gasteiger partial charge in [0.15, 0.2) is 5.41 Å². The maximum atomic E-state index is 12.0. The first-order valence-electron chi connectivity index (χ1n) is 6.94. The Hall–Kier alpha value is -1.54. The summed E-state index contributed by atoms with van der Waals surface area (Å²) in [5.74, 6) is -1.13. The standard InChI is InChI=1S/C16H26O4/c1-7-19-13(17)16(6,14(18)20-8-2)12-10-9-11-15(3,4)5/h10-11H,7-8,12H2,1-6H3. The van der Waals surface area contributed by atoms with E-state index in [0.29, 0.717) is 0 Å². The predicted octanol–water partition coefficient (Wildman–Crippen LogP) is 3.27. The van der Waals surface area contributed by atoms with Crippen molar-refractivity contribution in [2.75, 3.05) is 13.2 Å². The Morgan fingerprint density at radius 1 is 1.00 bits per heavy atom. The fourth-order valence-electron chi connectivity index (χ4n) is 1.40. The van der Waals surface area contributed by atoms with Gasteiger partial charge in [0.25, 0.3) is 0 Å². The van der Waals surface area contributed by atoms with E-state index >= 15 is 0 Å². The van der Waals surface area contributed by atoms with E-state index in [4.69, 9.17) is 9.47 Å². The average molecular weight is 282 g/mol. The van der Waals surface area contributed by atoms with E-state index in [-0.39, 0.29) is 25.0 Å². The molecule has 0 saturated heterocycles. The van der Waals surface area contributed by atoms with E-state index in [2.05, 4.69) is 5.73 Å². The molecule has 0 spiro atoms. The predicted molar refractivity (Wildman–Crippen MR) is 78.1 cm³/mol. The monoisotopic (exact) mass is 282 g/mol. The van der Waals surface area contributed by atoms with Gasteiger partial charge in [0.2, 0.25) is 0 Å². The molecule has 0 fully saturated rings. The van der Waals surface area contributed by atoms with Crippen LogP contribution in [0.4, 0.5) is 0 Å². The van der Waals surface area contributed by atoms with Crippen LogP contribution in [-0.2, 0) is 19.1 Å². The third-order valence-corrected chi connectivity index (χ3v) is 2.60. The van der Waals surface area contributed by atoms with Crippen LogP contribution in [0.1, 0.15) is 48.0 Å². The molecule has 4 nitrogen and oxygen atoms in total. The molecule has 0 N–H and O–H groups in total. The molecule has 0 aromatic heterocycles. The van der Waals surface area contributed by atoms with E-state index in [1.807, 2.05) is 26.8 Å². The van der Waals surface area contributed by atoms with Gasteiger partial charge in [0, 0.05) is 0 Å². The second-order valence-corrected chi connectivity index (χ2v) is 5.86. The van der Waals surface area contributed by atoms with Crippen LogP contribution in [0.2, 0.25) is 0 Å². The maximum absolute atomic E-state index is 12.0. The molecule has 0 heterocycles. The Morgan fingerprint density at radius 3 is 1.80 bits per heavy atom. The highest BCUT2D eigenvalue weighted by atomic mass is 16.6. The van der Waals surface area contributed by atoms with Gasteiger partial charge < -0.3 is 9.47 Å². The Morgan fingerprint density at radius 2 is 1.45 bits per heavy atom. The Bertz CT molecular complexity index is 377. The number of hydrogen-bond acceptors (Lipinski definition) is 4. The van der Waals surface area contributed by atoms with Crippen LogP contribution in [-0.4, -0.2) is 25.2 Å². The lowest BCUT2D eigenvalue weighted by molar-refractivity contribution is -0.170. The Balaban J connectivity index is 5.10. The van der Waals surface area contributed by atoms with Crippen molar-refractivity contribution in [1.29, 1.82) is 0 Å². The number of allylic oxidation sites excluding steroid dienone is 1. The zero-order valence-corrected chi connectivity index (χ0v) is 13.4. The molecule has 0 aliphatic rings. The molecule has 0 rings (SSSR count). The lowest BCUT2D eigenvalue weighted by atomic mass is 9.86. The van der Waals surface area contributed by atoms with Crippen molar-refractivity contribution >= 4 is 11.9 Å². The highest BCUT2D eigenvalue weighted by molar-refractivity contribution is 5.99. The van der Waals surface area contributed by atoms with Crippen molar-refractivity contribution in [2.45, 2.75) is 48.0 Å². The number of rotatable bonds is 6. The first-order chi connectivity index (χ1) is 9.17. The summed E-state index contributed by atoms with van der Waals surface area (Å²) in [7, 11) is 0. The van der Waals surface area contributed by atoms with Crippen LogP contribution in [0.15, 0.2) is 17.9 Å². The van der Waals surface area contributed by atoms with Crippen LogP contribution < -0.4 is 0 Å². The number of carbonyl (C=O) groups is 2. The van der Waals surface area contributed by atoms with Crippen molar-refractivity contribution in [3.05, 3.63) is 17.9 Å². The van der Waals surface area contributed by atoms with Crippen LogP contribution in [0.5, 0.6) is 0 Å². The van der Waals surface area contributed by atoms with Crippen LogP contribution in [0.3, 0.4) is 0 Å². The summed E-state index contributed by atoms with van der Waals surface area (Å²) in [6.07, 6.45) is 3.78. The van der Waals surface area contributed by atoms with Gasteiger partial charge in [0.05, 0.1) is 13.2 Å². The third-order valence-electron chi connectivity index (χ3n) is 2.60. The zero-order valence-electron chi connectivity index (χ0n) is 13.4. The Kier molecular flexibility index (Phi) is 7.30. The third kappa shape index (κ3) is 6.07. The number of carbonyl (C=O) groups excluding carboxylic acids is 2. The van der Waals surface area contributed by atoms with Gasteiger partial charge in [-0.05, 0) is 44.8 Å². The molecule has 0 aromatic rings. The van der Waals surface area contributed by atoms with Crippen molar-refractivity contribution in [2.24, 2.45) is 10.8 Å². The SMILES string of the molecule is CCOC(=O)C(C)(CC=C=CC(C)(C)C)C(=O)OCC. The minimum absolute atomic E-state index is 0.000750. The van der Waals surface area contributed by atoms with Gasteiger partial charge >= 0.3 is 11.9 Å². The molecule has 4 heteroatoms. The smallest absolute Gasteiger partial charge is 0.323 e. The quantitative estimate of drug-likeness (QED) is 0.426. The molecule has 0 saturated carbocycles. The fraction of sp³-hybridized carbons (Fsp3) is 0.688. The molecule has 0 aliphatic heterocycles. The van der Waals surface area contributed by atoms with E-state index in [0.717, 1.165) is 0 Å². The normalized spacial score (nSPS) is 11.3. The number of hydrogen-bond donors (Lipinski definition) is 0.